The van der Waals surface area contributed by atoms with Crippen molar-refractivity contribution in [2.75, 3.05) is 0 Å². The van der Waals surface area contributed by atoms with Crippen molar-refractivity contribution >= 4 is 43.5 Å². The van der Waals surface area contributed by atoms with E-state index in [-0.39, 0.29) is 0 Å². The highest BCUT2D eigenvalue weighted by Crippen LogP contribution is 2.47. The molecule has 1 aromatic heterocycles. The van der Waals surface area contributed by atoms with Gasteiger partial charge in [0.15, 0.2) is 0 Å². The molecule has 0 spiro atoms. The molecule has 0 unspecified atom stereocenters. The van der Waals surface area contributed by atoms with Gasteiger partial charge >= 0.3 is 0 Å². The summed E-state index contributed by atoms with van der Waals surface area (Å²) in [7, 11) is 0. The Morgan fingerprint density at radius 1 is 0.289 bits per heavy atom. The van der Waals surface area contributed by atoms with Gasteiger partial charge in [-0.25, -0.2) is 0 Å². The molecular formula is C44H28O. The van der Waals surface area contributed by atoms with E-state index in [1.54, 1.807) is 0 Å². The summed E-state index contributed by atoms with van der Waals surface area (Å²) in [4.78, 5) is 0. The quantitative estimate of drug-likeness (QED) is 0.183. The van der Waals surface area contributed by atoms with E-state index >= 15 is 0 Å². The minimum atomic E-state index is -1.08. The van der Waals surface area contributed by atoms with Crippen molar-refractivity contribution in [2.45, 2.75) is 0 Å². The molecule has 0 N–H and O–H groups in total. The van der Waals surface area contributed by atoms with Gasteiger partial charge in [-0.3, -0.25) is 0 Å². The standard InChI is InChI=1S/C44H28O/c1-3-13-29(14-4-1)30-25-27-32(28-26-30)41-34-17-7-9-19-36(34)42(37-20-10-8-18-35(37)41)40-24-12-23-39-38-22-11-21-33(43(38)45-44(39)40)31-15-5-2-6-16-31/h1-28H/i1D,2D,3D,4D,5D,6D,7D,8D,9D,10D,11D,12D,13D,14D,15D,16D,17D,18D,19D,20D,21D,22D,23D,24D,25D,26D,27D,28D. The van der Waals surface area contributed by atoms with Gasteiger partial charge in [-0.2, -0.15) is 0 Å². The van der Waals surface area contributed by atoms with Crippen molar-refractivity contribution in [3.63, 3.8) is 0 Å². The van der Waals surface area contributed by atoms with Crippen LogP contribution in [-0.2, 0) is 0 Å². The van der Waals surface area contributed by atoms with Gasteiger partial charge in [0.05, 0.1) is 38.4 Å². The Bertz CT molecular complexity index is 3950. The summed E-state index contributed by atoms with van der Waals surface area (Å²) in [5.74, 6) is 0. The topological polar surface area (TPSA) is 13.1 Å². The van der Waals surface area contributed by atoms with Crippen LogP contribution in [0.2, 0.25) is 0 Å². The second kappa shape index (κ2) is 10.4. The second-order valence-corrected chi connectivity index (χ2v) is 9.51. The van der Waals surface area contributed by atoms with Gasteiger partial charge in [0.2, 0.25) is 0 Å². The van der Waals surface area contributed by atoms with Gasteiger partial charge in [0.25, 0.3) is 0 Å². The molecule has 0 radical (unpaired) electrons. The molecule has 45 heavy (non-hydrogen) atoms. The van der Waals surface area contributed by atoms with Crippen molar-refractivity contribution in [3.05, 3.63) is 169 Å². The van der Waals surface area contributed by atoms with Crippen LogP contribution >= 0.6 is 0 Å². The molecule has 0 saturated carbocycles. The zero-order chi connectivity index (χ0) is 54.1. The van der Waals surface area contributed by atoms with Crippen LogP contribution in [0.25, 0.3) is 88.0 Å². The maximum atomic E-state index is 9.47. The molecule has 0 bridgehead atoms. The molecule has 0 aliphatic heterocycles. The number of furan rings is 1. The maximum Gasteiger partial charge on any atom is 0.143 e. The minimum absolute atomic E-state index is 0.561. The van der Waals surface area contributed by atoms with Gasteiger partial charge in [0, 0.05) is 27.5 Å². The summed E-state index contributed by atoms with van der Waals surface area (Å²) in [6, 6.07) is -26.7. The largest absolute Gasteiger partial charge is 0.455 e. The van der Waals surface area contributed by atoms with E-state index < -0.39 is 257 Å². The Balaban J connectivity index is 1.59. The Morgan fingerprint density at radius 3 is 1.27 bits per heavy atom. The van der Waals surface area contributed by atoms with Gasteiger partial charge in [-0.1, -0.05) is 169 Å². The fourth-order valence-corrected chi connectivity index (χ4v) is 5.24. The molecule has 1 heteroatoms. The molecule has 0 fully saturated rings. The SMILES string of the molecule is [2H]c1c([2H])c([2H])c(-c2c([2H])c([2H])c(-c3c4c([2H])c([2H])c([2H])c([2H])c4c(-c4c([2H])c([2H])c([2H])c5c4oc4c(-c6c([2H])c([2H])c([2H])c([2H])c6[2H])c([2H])c([2H])c([2H])c45)c4c([2H])c([2H])c([2H])c([2H])c34)c([2H])c2[2H])c([2H])c1[2H]. The highest BCUT2D eigenvalue weighted by atomic mass is 16.3. The lowest BCUT2D eigenvalue weighted by atomic mass is 9.85. The highest BCUT2D eigenvalue weighted by molar-refractivity contribution is 6.24. The van der Waals surface area contributed by atoms with Crippen molar-refractivity contribution in [3.8, 4) is 44.5 Å². The smallest absolute Gasteiger partial charge is 0.143 e. The average Bonchev–Trinajstić information content (AvgIpc) is 3.75. The van der Waals surface area contributed by atoms with Crippen LogP contribution < -0.4 is 0 Å². The van der Waals surface area contributed by atoms with Crippen LogP contribution in [0.3, 0.4) is 0 Å². The summed E-state index contributed by atoms with van der Waals surface area (Å²) in [6.45, 7) is 0. The Morgan fingerprint density at radius 2 is 0.689 bits per heavy atom. The summed E-state index contributed by atoms with van der Waals surface area (Å²) >= 11 is 0. The number of hydrogen-bond acceptors (Lipinski definition) is 1. The molecule has 9 aromatic rings. The lowest BCUT2D eigenvalue weighted by molar-refractivity contribution is 0.671. The average molecular weight is 601 g/mol. The molecule has 0 aliphatic carbocycles. The maximum absolute atomic E-state index is 9.47. The van der Waals surface area contributed by atoms with Crippen molar-refractivity contribution in [2.24, 2.45) is 0 Å². The normalized spacial score (nSPS) is 20.3. The number of para-hydroxylation sites is 2. The van der Waals surface area contributed by atoms with Crippen LogP contribution in [0, 0.1) is 0 Å². The van der Waals surface area contributed by atoms with Crippen molar-refractivity contribution < 1.29 is 42.8 Å². The molecule has 0 aliphatic rings. The van der Waals surface area contributed by atoms with Crippen LogP contribution in [0.1, 0.15) is 38.4 Å². The molecule has 0 saturated heterocycles. The Kier molecular flexibility index (Phi) is 2.32. The van der Waals surface area contributed by atoms with Crippen LogP contribution in [-0.4, -0.2) is 0 Å². The summed E-state index contributed by atoms with van der Waals surface area (Å²) < 4.78 is 255. The minimum Gasteiger partial charge on any atom is -0.455 e. The van der Waals surface area contributed by atoms with E-state index in [0.29, 0.717) is 0 Å². The second-order valence-electron chi connectivity index (χ2n) is 9.51. The third-order valence-corrected chi connectivity index (χ3v) is 7.11. The molecular weight excluding hydrogens is 544 g/mol. The molecule has 9 rings (SSSR count). The van der Waals surface area contributed by atoms with Crippen LogP contribution in [0.5, 0.6) is 0 Å². The number of fused-ring (bicyclic) bond motifs is 5. The fraction of sp³-hybridized carbons (Fsp3) is 0. The Hall–Kier alpha value is -5.92. The lowest BCUT2D eigenvalue weighted by Crippen LogP contribution is -1.91. The molecule has 8 aromatic carbocycles. The predicted molar refractivity (Wildman–Crippen MR) is 190 cm³/mol. The molecule has 1 nitrogen and oxygen atoms in total. The third-order valence-electron chi connectivity index (χ3n) is 7.11. The first kappa shape index (κ1) is 10.1. The number of hydrogen-bond donors (Lipinski definition) is 0. The first-order valence-corrected chi connectivity index (χ1v) is 13.2. The lowest BCUT2D eigenvalue weighted by Gasteiger charge is -2.18. The first-order valence-electron chi connectivity index (χ1n) is 27.2. The summed E-state index contributed by atoms with van der Waals surface area (Å²) in [5, 5.41) is -4.18. The van der Waals surface area contributed by atoms with Crippen LogP contribution in [0.15, 0.2) is 174 Å². The zero-order valence-corrected chi connectivity index (χ0v) is 22.4. The van der Waals surface area contributed by atoms with E-state index in [2.05, 4.69) is 0 Å². The van der Waals surface area contributed by atoms with Crippen molar-refractivity contribution in [1.82, 2.24) is 0 Å². The number of benzene rings is 8. The van der Waals surface area contributed by atoms with Gasteiger partial charge in [-0.15, -0.1) is 0 Å². The summed E-state index contributed by atoms with van der Waals surface area (Å²) in [6.07, 6.45) is 0. The molecule has 1 heterocycles. The van der Waals surface area contributed by atoms with E-state index in [1.165, 1.54) is 0 Å². The third kappa shape index (κ3) is 4.09. The number of rotatable bonds is 4. The monoisotopic (exact) mass is 600 g/mol. The first-order chi connectivity index (χ1) is 34.0. The fourth-order valence-electron chi connectivity index (χ4n) is 5.24. The van der Waals surface area contributed by atoms with Crippen LogP contribution in [0.4, 0.5) is 0 Å². The van der Waals surface area contributed by atoms with Gasteiger partial charge < -0.3 is 4.42 Å². The predicted octanol–water partition coefficient (Wildman–Crippen LogP) is 12.6. The molecule has 210 valence electrons. The van der Waals surface area contributed by atoms with E-state index in [0.717, 1.165) is 0 Å². The highest BCUT2D eigenvalue weighted by Gasteiger charge is 2.21. The van der Waals surface area contributed by atoms with Gasteiger partial charge in [-0.05, 0) is 49.4 Å². The van der Waals surface area contributed by atoms with E-state index in [1.807, 2.05) is 0 Å². The summed E-state index contributed by atoms with van der Waals surface area (Å²) in [5.41, 5.74) is -7.44. The van der Waals surface area contributed by atoms with E-state index in [4.69, 9.17) is 30.5 Å². The molecule has 0 atom stereocenters. The zero-order valence-electron chi connectivity index (χ0n) is 50.4. The molecule has 0 amide bonds. The van der Waals surface area contributed by atoms with Crippen molar-refractivity contribution in [1.29, 1.82) is 0 Å². The Labute approximate surface area is 301 Å². The van der Waals surface area contributed by atoms with Gasteiger partial charge in [0.1, 0.15) is 11.2 Å². The van der Waals surface area contributed by atoms with E-state index in [9.17, 15) is 12.3 Å².